The van der Waals surface area contributed by atoms with Crippen molar-refractivity contribution >= 4 is 12.0 Å². The first-order chi connectivity index (χ1) is 11.7. The van der Waals surface area contributed by atoms with Gasteiger partial charge in [-0.15, -0.1) is 0 Å². The lowest BCUT2D eigenvalue weighted by atomic mass is 9.90. The van der Waals surface area contributed by atoms with Crippen LogP contribution in [0.4, 0.5) is 5.88 Å². The van der Waals surface area contributed by atoms with Crippen molar-refractivity contribution in [1.82, 2.24) is 0 Å². The van der Waals surface area contributed by atoms with Gasteiger partial charge in [0, 0.05) is 31.1 Å². The Morgan fingerprint density at radius 2 is 1.76 bits per heavy atom. The maximum atomic E-state index is 9.15. The number of furan rings is 1. The van der Waals surface area contributed by atoms with E-state index in [9.17, 15) is 0 Å². The standard InChI is InChI=1S/C20H21N3O2/c1-20(2,3)18-11-14(15(12-21)13-22)10-17(24-18)7-6-16-8-9-19(25-16)23(4)5/h6-11H,1-5H3/b7-6+. The van der Waals surface area contributed by atoms with Gasteiger partial charge in [-0.3, -0.25) is 0 Å². The Balaban J connectivity index is 2.36. The highest BCUT2D eigenvalue weighted by Gasteiger charge is 2.24. The molecule has 0 fully saturated rings. The van der Waals surface area contributed by atoms with E-state index >= 15 is 0 Å². The highest BCUT2D eigenvalue weighted by molar-refractivity contribution is 5.56. The second kappa shape index (κ2) is 7.15. The zero-order chi connectivity index (χ0) is 18.6. The first-order valence-corrected chi connectivity index (χ1v) is 7.86. The number of hydrogen-bond donors (Lipinski definition) is 0. The molecule has 0 atom stereocenters. The van der Waals surface area contributed by atoms with Crippen molar-refractivity contribution in [1.29, 1.82) is 10.5 Å². The first kappa shape index (κ1) is 18.2. The molecule has 1 aromatic heterocycles. The molecule has 0 radical (unpaired) electrons. The highest BCUT2D eigenvalue weighted by Crippen LogP contribution is 2.34. The molecule has 0 N–H and O–H groups in total. The number of anilines is 1. The number of ether oxygens (including phenoxy) is 1. The average molecular weight is 335 g/mol. The molecule has 0 saturated heterocycles. The zero-order valence-corrected chi connectivity index (χ0v) is 15.1. The summed E-state index contributed by atoms with van der Waals surface area (Å²) in [5.74, 6) is 2.69. The molecule has 1 aliphatic rings. The minimum atomic E-state index is -0.253. The van der Waals surface area contributed by atoms with Gasteiger partial charge in [-0.2, -0.15) is 10.5 Å². The molecular weight excluding hydrogens is 314 g/mol. The van der Waals surface area contributed by atoms with E-state index in [1.54, 1.807) is 24.3 Å². The number of nitrogens with zero attached hydrogens (tertiary/aromatic N) is 3. The van der Waals surface area contributed by atoms with Crippen LogP contribution in [0.15, 0.2) is 57.4 Å². The number of hydrogen-bond acceptors (Lipinski definition) is 5. The average Bonchev–Trinajstić information content (AvgIpc) is 3.02. The van der Waals surface area contributed by atoms with E-state index in [1.165, 1.54) is 0 Å². The third-order valence-corrected chi connectivity index (χ3v) is 3.53. The predicted octanol–water partition coefficient (Wildman–Crippen LogP) is 4.55. The molecule has 2 heterocycles. The predicted molar refractivity (Wildman–Crippen MR) is 97.0 cm³/mol. The van der Waals surface area contributed by atoms with Crippen LogP contribution < -0.4 is 4.90 Å². The molecule has 0 bridgehead atoms. The molecule has 2 rings (SSSR count). The lowest BCUT2D eigenvalue weighted by Gasteiger charge is -2.26. The van der Waals surface area contributed by atoms with Gasteiger partial charge in [0.2, 0.25) is 0 Å². The van der Waals surface area contributed by atoms with Crippen LogP contribution in [0.3, 0.4) is 0 Å². The van der Waals surface area contributed by atoms with Crippen molar-refractivity contribution in [2.75, 3.05) is 19.0 Å². The second-order valence-corrected chi connectivity index (χ2v) is 6.87. The summed E-state index contributed by atoms with van der Waals surface area (Å²) in [6, 6.07) is 7.60. The maximum Gasteiger partial charge on any atom is 0.195 e. The minimum absolute atomic E-state index is 0.0591. The molecule has 0 aliphatic carbocycles. The van der Waals surface area contributed by atoms with Crippen molar-refractivity contribution in [3.63, 3.8) is 0 Å². The molecule has 5 heteroatoms. The van der Waals surface area contributed by atoms with Crippen LogP contribution >= 0.6 is 0 Å². The summed E-state index contributed by atoms with van der Waals surface area (Å²) in [4.78, 5) is 1.88. The first-order valence-electron chi connectivity index (χ1n) is 7.86. The summed E-state index contributed by atoms with van der Waals surface area (Å²) in [5.41, 5.74) is 0.357. The minimum Gasteiger partial charge on any atom is -0.461 e. The fraction of sp³-hybridized carbons (Fsp3) is 0.300. The summed E-state index contributed by atoms with van der Waals surface area (Å²) >= 11 is 0. The maximum absolute atomic E-state index is 9.15. The molecule has 0 aromatic carbocycles. The highest BCUT2D eigenvalue weighted by atomic mass is 16.5. The Hall–Kier alpha value is -3.18. The number of rotatable bonds is 3. The van der Waals surface area contributed by atoms with Gasteiger partial charge in [0.15, 0.2) is 5.88 Å². The third-order valence-electron chi connectivity index (χ3n) is 3.53. The van der Waals surface area contributed by atoms with E-state index in [0.717, 1.165) is 5.88 Å². The van der Waals surface area contributed by atoms with E-state index in [2.05, 4.69) is 0 Å². The Morgan fingerprint density at radius 1 is 1.08 bits per heavy atom. The van der Waals surface area contributed by atoms with Gasteiger partial charge in [-0.05, 0) is 30.4 Å². The summed E-state index contributed by atoms with van der Waals surface area (Å²) in [6.07, 6.45) is 6.99. The van der Waals surface area contributed by atoms with Crippen LogP contribution in [0.25, 0.3) is 6.08 Å². The van der Waals surface area contributed by atoms with Gasteiger partial charge in [0.1, 0.15) is 35.0 Å². The van der Waals surface area contributed by atoms with Crippen LogP contribution in [0, 0.1) is 28.1 Å². The molecule has 0 unspecified atom stereocenters. The zero-order valence-electron chi connectivity index (χ0n) is 15.1. The largest absolute Gasteiger partial charge is 0.461 e. The molecule has 1 aromatic rings. The molecule has 1 aliphatic heterocycles. The normalized spacial score (nSPS) is 14.3. The SMILES string of the molecule is CN(C)c1ccc(/C=C/C2=CC(=C(C#N)C#N)C=C(C(C)(C)C)O2)o1. The molecule has 0 saturated carbocycles. The van der Waals surface area contributed by atoms with Crippen LogP contribution in [0.5, 0.6) is 0 Å². The molecule has 5 nitrogen and oxygen atoms in total. The van der Waals surface area contributed by atoms with Gasteiger partial charge >= 0.3 is 0 Å². The second-order valence-electron chi connectivity index (χ2n) is 6.87. The topological polar surface area (TPSA) is 73.2 Å². The van der Waals surface area contributed by atoms with Crippen molar-refractivity contribution in [2.45, 2.75) is 20.8 Å². The lowest BCUT2D eigenvalue weighted by molar-refractivity contribution is 0.223. The van der Waals surface area contributed by atoms with Gasteiger partial charge < -0.3 is 14.1 Å². The Morgan fingerprint density at radius 3 is 2.28 bits per heavy atom. The molecule has 0 spiro atoms. The van der Waals surface area contributed by atoms with Crippen molar-refractivity contribution in [3.05, 3.63) is 58.8 Å². The smallest absolute Gasteiger partial charge is 0.195 e. The summed E-state index contributed by atoms with van der Waals surface area (Å²) < 4.78 is 11.6. The van der Waals surface area contributed by atoms with Gasteiger partial charge in [-0.1, -0.05) is 20.8 Å². The monoisotopic (exact) mass is 335 g/mol. The van der Waals surface area contributed by atoms with Crippen LogP contribution in [-0.4, -0.2) is 14.1 Å². The van der Waals surface area contributed by atoms with E-state index < -0.39 is 0 Å². The van der Waals surface area contributed by atoms with Gasteiger partial charge in [-0.25, -0.2) is 0 Å². The summed E-state index contributed by atoms with van der Waals surface area (Å²) in [5, 5.41) is 18.3. The van der Waals surface area contributed by atoms with E-state index in [-0.39, 0.29) is 11.0 Å². The number of nitriles is 2. The van der Waals surface area contributed by atoms with Crippen LogP contribution in [0.2, 0.25) is 0 Å². The van der Waals surface area contributed by atoms with Gasteiger partial charge in [0.25, 0.3) is 0 Å². The van der Waals surface area contributed by atoms with Crippen molar-refractivity contribution in [3.8, 4) is 12.1 Å². The Bertz CT molecular complexity index is 844. The number of allylic oxidation sites excluding steroid dienone is 6. The van der Waals surface area contributed by atoms with Crippen LogP contribution in [-0.2, 0) is 4.74 Å². The van der Waals surface area contributed by atoms with Crippen molar-refractivity contribution in [2.24, 2.45) is 5.41 Å². The molecule has 128 valence electrons. The fourth-order valence-electron chi connectivity index (χ4n) is 2.11. The fourth-order valence-corrected chi connectivity index (χ4v) is 2.11. The summed E-state index contributed by atoms with van der Waals surface area (Å²) in [6.45, 7) is 6.03. The molecule has 0 amide bonds. The van der Waals surface area contributed by atoms with Gasteiger partial charge in [0.05, 0.1) is 0 Å². The Kier molecular flexibility index (Phi) is 5.20. The molecule has 25 heavy (non-hydrogen) atoms. The van der Waals surface area contributed by atoms with E-state index in [4.69, 9.17) is 19.7 Å². The van der Waals surface area contributed by atoms with Crippen LogP contribution in [0.1, 0.15) is 26.5 Å². The van der Waals surface area contributed by atoms with E-state index in [1.807, 2.05) is 64.0 Å². The molecular formula is C20H21N3O2. The quantitative estimate of drug-likeness (QED) is 0.758. The summed E-state index contributed by atoms with van der Waals surface area (Å²) in [7, 11) is 3.81. The van der Waals surface area contributed by atoms with E-state index in [0.29, 0.717) is 22.9 Å². The Labute approximate surface area is 148 Å². The lowest BCUT2D eigenvalue weighted by Crippen LogP contribution is -2.15. The third kappa shape index (κ3) is 4.43. The van der Waals surface area contributed by atoms with Crippen molar-refractivity contribution < 1.29 is 9.15 Å².